The van der Waals surface area contributed by atoms with Crippen LogP contribution in [0.15, 0.2) is 0 Å². The number of rotatable bonds is 2. The highest BCUT2D eigenvalue weighted by atomic mass is 32.2. The molecule has 2 atom stereocenters. The molecule has 1 aliphatic rings. The number of nitrogens with zero attached hydrogens (tertiary/aromatic N) is 2. The van der Waals surface area contributed by atoms with Gasteiger partial charge in [0.25, 0.3) is 0 Å². The van der Waals surface area contributed by atoms with Gasteiger partial charge in [-0.1, -0.05) is 6.92 Å². The molecule has 1 rings (SSSR count). The number of nitriles is 1. The van der Waals surface area contributed by atoms with E-state index in [-0.39, 0.29) is 6.04 Å². The van der Waals surface area contributed by atoms with Crippen LogP contribution >= 0.6 is 11.8 Å². The SMILES string of the molecule is CCC(C#N)N1CCSCC1C. The summed E-state index contributed by atoms with van der Waals surface area (Å²) in [6.45, 7) is 5.38. The van der Waals surface area contributed by atoms with Gasteiger partial charge in [-0.05, 0) is 13.3 Å². The Morgan fingerprint density at radius 1 is 1.75 bits per heavy atom. The summed E-state index contributed by atoms with van der Waals surface area (Å²) in [7, 11) is 0. The van der Waals surface area contributed by atoms with Crippen LogP contribution in [0.1, 0.15) is 20.3 Å². The number of hydrogen-bond donors (Lipinski definition) is 0. The fourth-order valence-corrected chi connectivity index (χ4v) is 2.64. The predicted molar refractivity (Wildman–Crippen MR) is 53.2 cm³/mol. The first kappa shape index (κ1) is 9.88. The van der Waals surface area contributed by atoms with Gasteiger partial charge in [-0.25, -0.2) is 0 Å². The van der Waals surface area contributed by atoms with Crippen molar-refractivity contribution in [3.05, 3.63) is 0 Å². The fourth-order valence-electron chi connectivity index (χ4n) is 1.60. The maximum atomic E-state index is 8.90. The normalized spacial score (nSPS) is 27.9. The molecule has 0 spiro atoms. The summed E-state index contributed by atoms with van der Waals surface area (Å²) >= 11 is 1.99. The molecule has 0 radical (unpaired) electrons. The van der Waals surface area contributed by atoms with Gasteiger partial charge >= 0.3 is 0 Å². The Balaban J connectivity index is 2.53. The van der Waals surface area contributed by atoms with Crippen molar-refractivity contribution in [2.75, 3.05) is 18.1 Å². The van der Waals surface area contributed by atoms with Crippen LogP contribution in [0.4, 0.5) is 0 Å². The summed E-state index contributed by atoms with van der Waals surface area (Å²) in [5.41, 5.74) is 0. The van der Waals surface area contributed by atoms with E-state index in [2.05, 4.69) is 24.8 Å². The van der Waals surface area contributed by atoms with Crippen molar-refractivity contribution < 1.29 is 0 Å². The largest absolute Gasteiger partial charge is 0.284 e. The standard InChI is InChI=1S/C9H16N2S/c1-3-9(6-10)11-4-5-12-7-8(11)2/h8-9H,3-5,7H2,1-2H3. The summed E-state index contributed by atoms with van der Waals surface area (Å²) in [4.78, 5) is 2.33. The maximum Gasteiger partial charge on any atom is 0.0978 e. The van der Waals surface area contributed by atoms with E-state index < -0.39 is 0 Å². The van der Waals surface area contributed by atoms with Crippen LogP contribution in [0, 0.1) is 11.3 Å². The fraction of sp³-hybridized carbons (Fsp3) is 0.889. The lowest BCUT2D eigenvalue weighted by Gasteiger charge is -2.35. The summed E-state index contributed by atoms with van der Waals surface area (Å²) in [6, 6.07) is 3.09. The van der Waals surface area contributed by atoms with Crippen LogP contribution in [0.3, 0.4) is 0 Å². The monoisotopic (exact) mass is 184 g/mol. The van der Waals surface area contributed by atoms with Crippen LogP contribution in [0.25, 0.3) is 0 Å². The van der Waals surface area contributed by atoms with Gasteiger partial charge in [-0.2, -0.15) is 17.0 Å². The second kappa shape index (κ2) is 4.74. The highest BCUT2D eigenvalue weighted by Gasteiger charge is 2.24. The van der Waals surface area contributed by atoms with Crippen molar-refractivity contribution in [1.82, 2.24) is 4.90 Å². The van der Waals surface area contributed by atoms with E-state index >= 15 is 0 Å². The van der Waals surface area contributed by atoms with Crippen LogP contribution in [0.5, 0.6) is 0 Å². The first-order chi connectivity index (χ1) is 5.79. The summed E-state index contributed by atoms with van der Waals surface area (Å²) in [5.74, 6) is 2.36. The van der Waals surface area contributed by atoms with E-state index in [1.54, 1.807) is 0 Å². The van der Waals surface area contributed by atoms with Crippen LogP contribution in [0.2, 0.25) is 0 Å². The first-order valence-corrected chi connectivity index (χ1v) is 5.68. The lowest BCUT2D eigenvalue weighted by molar-refractivity contribution is 0.191. The Kier molecular flexibility index (Phi) is 3.90. The molecular weight excluding hydrogens is 168 g/mol. The van der Waals surface area contributed by atoms with Crippen molar-refractivity contribution in [3.63, 3.8) is 0 Å². The molecule has 0 bridgehead atoms. The molecule has 1 aliphatic heterocycles. The molecule has 1 heterocycles. The van der Waals surface area contributed by atoms with Gasteiger partial charge in [0.1, 0.15) is 0 Å². The van der Waals surface area contributed by atoms with Crippen molar-refractivity contribution >= 4 is 11.8 Å². The van der Waals surface area contributed by atoms with Gasteiger partial charge in [0.15, 0.2) is 0 Å². The van der Waals surface area contributed by atoms with Crippen LogP contribution in [-0.2, 0) is 0 Å². The van der Waals surface area contributed by atoms with E-state index in [4.69, 9.17) is 5.26 Å². The second-order valence-electron chi connectivity index (χ2n) is 3.21. The van der Waals surface area contributed by atoms with E-state index in [1.165, 1.54) is 11.5 Å². The molecular formula is C9H16N2S. The Hall–Kier alpha value is -0.200. The van der Waals surface area contributed by atoms with Crippen molar-refractivity contribution in [1.29, 1.82) is 5.26 Å². The molecule has 0 amide bonds. The average Bonchev–Trinajstić information content (AvgIpc) is 2.10. The van der Waals surface area contributed by atoms with Crippen LogP contribution < -0.4 is 0 Å². The Morgan fingerprint density at radius 3 is 3.00 bits per heavy atom. The minimum atomic E-state index is 0.140. The zero-order chi connectivity index (χ0) is 8.97. The van der Waals surface area contributed by atoms with Gasteiger partial charge in [-0.15, -0.1) is 0 Å². The minimum absolute atomic E-state index is 0.140. The van der Waals surface area contributed by atoms with Gasteiger partial charge in [0.2, 0.25) is 0 Å². The molecule has 0 N–H and O–H groups in total. The highest BCUT2D eigenvalue weighted by Crippen LogP contribution is 2.19. The van der Waals surface area contributed by atoms with E-state index in [9.17, 15) is 0 Å². The third-order valence-corrected chi connectivity index (χ3v) is 3.54. The number of hydrogen-bond acceptors (Lipinski definition) is 3. The van der Waals surface area contributed by atoms with Gasteiger partial charge in [0.05, 0.1) is 12.1 Å². The van der Waals surface area contributed by atoms with Gasteiger partial charge in [-0.3, -0.25) is 4.90 Å². The molecule has 0 aromatic rings. The molecule has 68 valence electrons. The molecule has 1 fully saturated rings. The zero-order valence-corrected chi connectivity index (χ0v) is 8.60. The van der Waals surface area contributed by atoms with Crippen molar-refractivity contribution in [2.45, 2.75) is 32.4 Å². The van der Waals surface area contributed by atoms with Crippen molar-refractivity contribution in [3.8, 4) is 6.07 Å². The minimum Gasteiger partial charge on any atom is -0.284 e. The molecule has 1 saturated heterocycles. The molecule has 0 aromatic carbocycles. The lowest BCUT2D eigenvalue weighted by atomic mass is 10.1. The van der Waals surface area contributed by atoms with Crippen molar-refractivity contribution in [2.24, 2.45) is 0 Å². The van der Waals surface area contributed by atoms with E-state index in [0.717, 1.165) is 13.0 Å². The molecule has 2 nitrogen and oxygen atoms in total. The van der Waals surface area contributed by atoms with Gasteiger partial charge < -0.3 is 0 Å². The quantitative estimate of drug-likeness (QED) is 0.654. The lowest BCUT2D eigenvalue weighted by Crippen LogP contribution is -2.46. The predicted octanol–water partition coefficient (Wildman–Crippen LogP) is 1.73. The van der Waals surface area contributed by atoms with Gasteiger partial charge in [0, 0.05) is 24.1 Å². The Bertz CT molecular complexity index is 176. The molecule has 0 saturated carbocycles. The molecule has 0 aliphatic carbocycles. The smallest absolute Gasteiger partial charge is 0.0978 e. The third-order valence-electron chi connectivity index (χ3n) is 2.36. The first-order valence-electron chi connectivity index (χ1n) is 4.52. The summed E-state index contributed by atoms with van der Waals surface area (Å²) in [5, 5.41) is 8.90. The Morgan fingerprint density at radius 2 is 2.50 bits per heavy atom. The number of thioether (sulfide) groups is 1. The Labute approximate surface area is 78.9 Å². The maximum absolute atomic E-state index is 8.90. The van der Waals surface area contributed by atoms with Crippen LogP contribution in [-0.4, -0.2) is 35.0 Å². The molecule has 2 unspecified atom stereocenters. The second-order valence-corrected chi connectivity index (χ2v) is 4.36. The highest BCUT2D eigenvalue weighted by molar-refractivity contribution is 7.99. The van der Waals surface area contributed by atoms with E-state index in [0.29, 0.717) is 6.04 Å². The zero-order valence-electron chi connectivity index (χ0n) is 7.79. The average molecular weight is 184 g/mol. The van der Waals surface area contributed by atoms with E-state index in [1.807, 2.05) is 11.8 Å². The summed E-state index contributed by atoms with van der Waals surface area (Å²) < 4.78 is 0. The molecule has 12 heavy (non-hydrogen) atoms. The molecule has 3 heteroatoms. The topological polar surface area (TPSA) is 27.0 Å². The molecule has 0 aromatic heterocycles. The summed E-state index contributed by atoms with van der Waals surface area (Å²) in [6.07, 6.45) is 0.950. The third kappa shape index (κ3) is 2.15.